The molecule has 5 rings (SSSR count). The van der Waals surface area contributed by atoms with Gasteiger partial charge in [-0.25, -0.2) is 9.59 Å². The number of aliphatic carboxylic acids is 1. The van der Waals surface area contributed by atoms with Crippen molar-refractivity contribution < 1.29 is 51.8 Å². The molecule has 2 aliphatic heterocycles. The van der Waals surface area contributed by atoms with E-state index in [1.807, 2.05) is 17.0 Å². The maximum atomic E-state index is 14.0. The van der Waals surface area contributed by atoms with Crippen molar-refractivity contribution in [1.82, 2.24) is 10.2 Å². The topological polar surface area (TPSA) is 148 Å². The maximum absolute atomic E-state index is 14.0. The van der Waals surface area contributed by atoms with Crippen LogP contribution in [0.1, 0.15) is 61.0 Å². The molecule has 0 aromatic heterocycles. The summed E-state index contributed by atoms with van der Waals surface area (Å²) in [5, 5.41) is 25.0. The summed E-state index contributed by atoms with van der Waals surface area (Å²) < 4.78 is 37.8. The number of carbonyl (C=O) groups excluding carboxylic acids is 4. The number of hydrogen-bond donors (Lipinski definition) is 3. The average molecular weight is 761 g/mol. The molecule has 0 spiro atoms. The molecule has 2 heterocycles. The number of amides is 3. The summed E-state index contributed by atoms with van der Waals surface area (Å²) >= 11 is 6.14. The number of phenolic OH excluding ortho intramolecular Hbond substituents is 1. The molecule has 1 atom stereocenters. The fourth-order valence-corrected chi connectivity index (χ4v) is 6.92. The van der Waals surface area contributed by atoms with Crippen molar-refractivity contribution in [3.63, 3.8) is 0 Å². The Bertz CT molecular complexity index is 1690. The van der Waals surface area contributed by atoms with E-state index in [-0.39, 0.29) is 24.2 Å². The first-order valence-corrected chi connectivity index (χ1v) is 17.8. The SMILES string of the molecule is CC(C)OC(=O)c1ccc(NC(=O)N[C@@H](Cc2ccc(O)cc2)C(=O)N2CCC([N+]3(Cc4ccc(Cl)cc4)CCCC3)CC2)cc1.O=C([O-])C(F)(F)F. The number of ether oxygens (including phenoxy) is 1. The summed E-state index contributed by atoms with van der Waals surface area (Å²) in [6.07, 6.45) is -0.909. The molecular weight excluding hydrogens is 717 g/mol. The molecule has 286 valence electrons. The number of hydrogen-bond acceptors (Lipinski definition) is 7. The molecule has 3 aromatic carbocycles. The summed E-state index contributed by atoms with van der Waals surface area (Å²) in [5.74, 6) is -3.43. The number of alkyl halides is 3. The number of likely N-dealkylation sites (tertiary alicyclic amines) is 2. The van der Waals surface area contributed by atoms with Gasteiger partial charge in [0.15, 0.2) is 0 Å². The number of carboxylic acids is 1. The fourth-order valence-electron chi connectivity index (χ4n) is 6.79. The highest BCUT2D eigenvalue weighted by atomic mass is 35.5. The average Bonchev–Trinajstić information content (AvgIpc) is 3.59. The number of anilines is 1. The van der Waals surface area contributed by atoms with Gasteiger partial charge in [-0.1, -0.05) is 35.9 Å². The minimum absolute atomic E-state index is 0.126. The number of piperidine rings is 1. The minimum Gasteiger partial charge on any atom is -0.542 e. The molecule has 3 amide bonds. The van der Waals surface area contributed by atoms with Gasteiger partial charge in [-0.2, -0.15) is 13.2 Å². The summed E-state index contributed by atoms with van der Waals surface area (Å²) in [7, 11) is 0. The van der Waals surface area contributed by atoms with Crippen molar-refractivity contribution in [2.24, 2.45) is 0 Å². The molecule has 3 N–H and O–H groups in total. The molecule has 0 saturated carbocycles. The maximum Gasteiger partial charge on any atom is 0.430 e. The number of halogens is 4. The number of nitrogens with one attached hydrogen (secondary N) is 2. The van der Waals surface area contributed by atoms with E-state index in [1.165, 1.54) is 18.4 Å². The number of benzene rings is 3. The Labute approximate surface area is 311 Å². The Morgan fingerprint density at radius 3 is 2.00 bits per heavy atom. The van der Waals surface area contributed by atoms with Crippen molar-refractivity contribution >= 4 is 41.2 Å². The molecule has 0 unspecified atom stereocenters. The lowest BCUT2D eigenvalue weighted by atomic mass is 9.97. The zero-order chi connectivity index (χ0) is 38.8. The van der Waals surface area contributed by atoms with E-state index in [2.05, 4.69) is 22.8 Å². The van der Waals surface area contributed by atoms with E-state index < -0.39 is 30.2 Å². The highest BCUT2D eigenvalue weighted by molar-refractivity contribution is 6.30. The summed E-state index contributed by atoms with van der Waals surface area (Å²) in [4.78, 5) is 49.9. The van der Waals surface area contributed by atoms with Gasteiger partial charge in [0.1, 0.15) is 24.3 Å². The van der Waals surface area contributed by atoms with Crippen LogP contribution in [0, 0.1) is 0 Å². The molecule has 15 heteroatoms. The van der Waals surface area contributed by atoms with Crippen LogP contribution in [0.15, 0.2) is 72.8 Å². The number of rotatable bonds is 10. The lowest BCUT2D eigenvalue weighted by Crippen LogP contribution is -2.59. The van der Waals surface area contributed by atoms with Crippen molar-refractivity contribution in [3.05, 3.63) is 94.5 Å². The molecule has 53 heavy (non-hydrogen) atoms. The molecule has 0 aliphatic carbocycles. The van der Waals surface area contributed by atoms with Gasteiger partial charge >= 0.3 is 18.2 Å². The molecular formula is C38H44ClF3N4O7. The van der Waals surface area contributed by atoms with Crippen LogP contribution >= 0.6 is 11.6 Å². The fraction of sp³-hybridized carbons (Fsp3) is 0.421. The lowest BCUT2D eigenvalue weighted by molar-refractivity contribution is -0.954. The molecule has 2 aliphatic rings. The first kappa shape index (κ1) is 40.9. The molecule has 11 nitrogen and oxygen atoms in total. The van der Waals surface area contributed by atoms with E-state index in [1.54, 1.807) is 62.4 Å². The Hall–Kier alpha value is -4.82. The number of nitrogens with zero attached hydrogens (tertiary/aromatic N) is 2. The Kier molecular flexibility index (Phi) is 14.1. The Morgan fingerprint density at radius 2 is 1.47 bits per heavy atom. The van der Waals surface area contributed by atoms with Crippen LogP contribution in [0.3, 0.4) is 0 Å². The summed E-state index contributed by atoms with van der Waals surface area (Å²) in [6.45, 7) is 8.09. The van der Waals surface area contributed by atoms with E-state index in [9.17, 15) is 32.7 Å². The van der Waals surface area contributed by atoms with Gasteiger partial charge < -0.3 is 39.8 Å². The van der Waals surface area contributed by atoms with Crippen LogP contribution in [-0.4, -0.2) is 88.9 Å². The van der Waals surface area contributed by atoms with E-state index in [0.29, 0.717) is 30.4 Å². The highest BCUT2D eigenvalue weighted by Crippen LogP contribution is 2.33. The number of aromatic hydroxyl groups is 1. The van der Waals surface area contributed by atoms with Gasteiger partial charge in [0.2, 0.25) is 5.91 Å². The van der Waals surface area contributed by atoms with Gasteiger partial charge in [0.25, 0.3) is 0 Å². The highest BCUT2D eigenvalue weighted by Gasteiger charge is 2.42. The number of esters is 1. The number of urea groups is 1. The van der Waals surface area contributed by atoms with Gasteiger partial charge in [-0.05, 0) is 67.9 Å². The van der Waals surface area contributed by atoms with E-state index in [0.717, 1.165) is 47.5 Å². The van der Waals surface area contributed by atoms with Crippen molar-refractivity contribution in [3.8, 4) is 5.75 Å². The normalized spacial score (nSPS) is 16.2. The number of carboxylic acid groups (broad SMARTS) is 1. The van der Waals surface area contributed by atoms with Gasteiger partial charge in [0, 0.05) is 61.5 Å². The van der Waals surface area contributed by atoms with E-state index in [4.69, 9.17) is 26.2 Å². The second-order valence-corrected chi connectivity index (χ2v) is 14.0. The summed E-state index contributed by atoms with van der Waals surface area (Å²) in [6, 6.07) is 20.4. The third-order valence-electron chi connectivity index (χ3n) is 9.35. The molecule has 2 saturated heterocycles. The molecule has 0 bridgehead atoms. The predicted octanol–water partition coefficient (Wildman–Crippen LogP) is 5.44. The smallest absolute Gasteiger partial charge is 0.430 e. The number of quaternary nitrogens is 1. The predicted molar refractivity (Wildman–Crippen MR) is 190 cm³/mol. The number of phenols is 1. The molecule has 2 fully saturated rings. The van der Waals surface area contributed by atoms with Crippen molar-refractivity contribution in [2.45, 2.75) is 76.9 Å². The second-order valence-electron chi connectivity index (χ2n) is 13.6. The van der Waals surface area contributed by atoms with E-state index >= 15 is 0 Å². The van der Waals surface area contributed by atoms with Gasteiger partial charge in [-0.15, -0.1) is 0 Å². The zero-order valence-corrected chi connectivity index (χ0v) is 30.3. The lowest BCUT2D eigenvalue weighted by Gasteiger charge is -2.46. The third kappa shape index (κ3) is 12.1. The van der Waals surface area contributed by atoms with Crippen molar-refractivity contribution in [1.29, 1.82) is 0 Å². The van der Waals surface area contributed by atoms with Crippen LogP contribution in [0.2, 0.25) is 5.02 Å². The van der Waals surface area contributed by atoms with Crippen molar-refractivity contribution in [2.75, 3.05) is 31.5 Å². The Balaban J connectivity index is 0.000000815. The van der Waals surface area contributed by atoms with Gasteiger partial charge in [0.05, 0.1) is 30.8 Å². The Morgan fingerprint density at radius 1 is 0.925 bits per heavy atom. The molecule has 3 aromatic rings. The van der Waals surface area contributed by atoms with Crippen LogP contribution in [0.25, 0.3) is 0 Å². The minimum atomic E-state index is -5.19. The first-order chi connectivity index (χ1) is 25.0. The van der Waals surface area contributed by atoms with Crippen LogP contribution in [0.4, 0.5) is 23.7 Å². The van der Waals surface area contributed by atoms with Crippen LogP contribution in [0.5, 0.6) is 5.75 Å². The molecule has 0 radical (unpaired) electrons. The largest absolute Gasteiger partial charge is 0.542 e. The van der Waals surface area contributed by atoms with Crippen LogP contribution in [-0.2, 0) is 27.3 Å². The zero-order valence-electron chi connectivity index (χ0n) is 29.5. The third-order valence-corrected chi connectivity index (χ3v) is 9.60. The van der Waals surface area contributed by atoms with Crippen LogP contribution < -0.4 is 15.7 Å². The number of carbonyl (C=O) groups is 4. The monoisotopic (exact) mass is 760 g/mol. The first-order valence-electron chi connectivity index (χ1n) is 17.4. The quantitative estimate of drug-likeness (QED) is 0.184. The van der Waals surface area contributed by atoms with Gasteiger partial charge in [-0.3, -0.25) is 4.79 Å². The second kappa shape index (κ2) is 18.3. The summed E-state index contributed by atoms with van der Waals surface area (Å²) in [5.41, 5.74) is 2.98. The standard InChI is InChI=1S/C36H43ClN4O5.C2HF3O2/c1-25(2)46-35(44)28-9-13-30(14-10-28)38-36(45)39-33(23-26-7-15-32(42)16-8-26)34(43)40-19-17-31(18-20-40)41(21-3-4-22-41)24-27-5-11-29(37)12-6-27;3-2(4,5)1(6)7/h5-16,25,31,33H,3-4,17-24H2,1-2H3,(H2-,38,39,42,44,45);(H,6,7)/t33-;/m0./s1.